The number of esters is 1. The summed E-state index contributed by atoms with van der Waals surface area (Å²) >= 11 is 3.27. The summed E-state index contributed by atoms with van der Waals surface area (Å²) in [6.07, 6.45) is 0. The minimum atomic E-state index is -0.890. The molecule has 25 heavy (non-hydrogen) atoms. The molecule has 0 fully saturated rings. The monoisotopic (exact) mass is 406 g/mol. The lowest BCUT2D eigenvalue weighted by Gasteiger charge is -2.13. The highest BCUT2D eigenvalue weighted by atomic mass is 79.9. The number of benzene rings is 2. The van der Waals surface area contributed by atoms with Crippen molar-refractivity contribution < 1.29 is 19.2 Å². The van der Waals surface area contributed by atoms with Crippen molar-refractivity contribution in [1.82, 2.24) is 5.32 Å². The molecule has 0 radical (unpaired) electrons. The first-order valence-corrected chi connectivity index (χ1v) is 8.13. The Morgan fingerprint density at radius 2 is 1.84 bits per heavy atom. The molecule has 0 aliphatic carbocycles. The van der Waals surface area contributed by atoms with Gasteiger partial charge in [0.25, 0.3) is 11.6 Å². The molecule has 7 nitrogen and oxygen atoms in total. The van der Waals surface area contributed by atoms with Gasteiger partial charge in [0.2, 0.25) is 0 Å². The first kappa shape index (κ1) is 18.6. The molecule has 130 valence electrons. The summed E-state index contributed by atoms with van der Waals surface area (Å²) < 4.78 is 5.91. The van der Waals surface area contributed by atoms with Crippen LogP contribution in [0.25, 0.3) is 0 Å². The Morgan fingerprint density at radius 3 is 2.48 bits per heavy atom. The average molecular weight is 407 g/mol. The number of hydrogen-bond acceptors (Lipinski definition) is 5. The molecule has 0 aliphatic heterocycles. The number of amides is 1. The maximum Gasteiger partial charge on any atom is 0.328 e. The van der Waals surface area contributed by atoms with Crippen LogP contribution in [-0.4, -0.2) is 22.8 Å². The molecule has 0 saturated heterocycles. The summed E-state index contributed by atoms with van der Waals surface area (Å²) in [6, 6.07) is 11.8. The Bertz CT molecular complexity index is 792. The maximum atomic E-state index is 12.1. The largest absolute Gasteiger partial charge is 0.459 e. The number of rotatable bonds is 6. The van der Waals surface area contributed by atoms with Crippen molar-refractivity contribution in [3.05, 3.63) is 74.2 Å². The standard InChI is InChI=1S/C17H15BrN2O5/c1-11(19-16(21)12-6-8-14(18)9-7-12)17(22)25-10-13-4-2-3-5-15(13)20(23)24/h2-9,11H,10H2,1H3,(H,19,21)/t11-/m0/s1. The molecule has 1 N–H and O–H groups in total. The summed E-state index contributed by atoms with van der Waals surface area (Å²) in [6.45, 7) is 1.24. The minimum absolute atomic E-state index is 0.123. The fraction of sp³-hybridized carbons (Fsp3) is 0.176. The van der Waals surface area contributed by atoms with Crippen LogP contribution in [0.4, 0.5) is 5.69 Å². The van der Waals surface area contributed by atoms with Crippen molar-refractivity contribution in [2.24, 2.45) is 0 Å². The zero-order chi connectivity index (χ0) is 18.4. The number of para-hydroxylation sites is 1. The van der Waals surface area contributed by atoms with Gasteiger partial charge in [0.15, 0.2) is 0 Å². The highest BCUT2D eigenvalue weighted by Crippen LogP contribution is 2.18. The van der Waals surface area contributed by atoms with Crippen molar-refractivity contribution in [3.8, 4) is 0 Å². The Kier molecular flexibility index (Phi) is 6.24. The van der Waals surface area contributed by atoms with E-state index in [-0.39, 0.29) is 17.9 Å². The van der Waals surface area contributed by atoms with E-state index >= 15 is 0 Å². The van der Waals surface area contributed by atoms with E-state index in [0.29, 0.717) is 5.56 Å². The quantitative estimate of drug-likeness (QED) is 0.451. The van der Waals surface area contributed by atoms with Crippen LogP contribution in [0.1, 0.15) is 22.8 Å². The van der Waals surface area contributed by atoms with Crippen molar-refractivity contribution >= 4 is 33.5 Å². The van der Waals surface area contributed by atoms with Crippen molar-refractivity contribution in [2.45, 2.75) is 19.6 Å². The van der Waals surface area contributed by atoms with Gasteiger partial charge in [0, 0.05) is 16.1 Å². The van der Waals surface area contributed by atoms with Crippen LogP contribution in [0.15, 0.2) is 53.0 Å². The third-order valence-corrected chi connectivity index (χ3v) is 3.89. The fourth-order valence-corrected chi connectivity index (χ4v) is 2.29. The third-order valence-electron chi connectivity index (χ3n) is 3.37. The van der Waals surface area contributed by atoms with E-state index in [9.17, 15) is 19.7 Å². The van der Waals surface area contributed by atoms with Crippen molar-refractivity contribution in [3.63, 3.8) is 0 Å². The number of halogens is 1. The molecule has 0 spiro atoms. The van der Waals surface area contributed by atoms with Gasteiger partial charge in [-0.15, -0.1) is 0 Å². The number of hydrogen-bond donors (Lipinski definition) is 1. The second-order valence-electron chi connectivity index (χ2n) is 5.20. The van der Waals surface area contributed by atoms with Crippen molar-refractivity contribution in [1.29, 1.82) is 0 Å². The molecule has 2 aromatic carbocycles. The summed E-state index contributed by atoms with van der Waals surface area (Å²) in [4.78, 5) is 34.5. The Morgan fingerprint density at radius 1 is 1.20 bits per heavy atom. The van der Waals surface area contributed by atoms with E-state index in [4.69, 9.17) is 4.74 Å². The van der Waals surface area contributed by atoms with Gasteiger partial charge in [-0.05, 0) is 37.3 Å². The predicted octanol–water partition coefficient (Wildman–Crippen LogP) is 3.22. The van der Waals surface area contributed by atoms with Gasteiger partial charge in [-0.3, -0.25) is 14.9 Å². The molecular weight excluding hydrogens is 392 g/mol. The Balaban J connectivity index is 1.93. The number of nitro benzene ring substituents is 1. The molecule has 0 aromatic heterocycles. The molecule has 0 saturated carbocycles. The zero-order valence-corrected chi connectivity index (χ0v) is 14.9. The number of nitro groups is 1. The predicted molar refractivity (Wildman–Crippen MR) is 94.0 cm³/mol. The number of carbonyl (C=O) groups is 2. The van der Waals surface area contributed by atoms with Gasteiger partial charge >= 0.3 is 5.97 Å². The highest BCUT2D eigenvalue weighted by Gasteiger charge is 2.20. The second-order valence-corrected chi connectivity index (χ2v) is 6.11. The molecular formula is C17H15BrN2O5. The summed E-state index contributed by atoms with van der Waals surface area (Å²) in [7, 11) is 0. The number of ether oxygens (including phenoxy) is 1. The van der Waals surface area contributed by atoms with E-state index in [1.165, 1.54) is 25.1 Å². The van der Waals surface area contributed by atoms with Gasteiger partial charge < -0.3 is 10.1 Å². The smallest absolute Gasteiger partial charge is 0.328 e. The molecule has 0 unspecified atom stereocenters. The van der Waals surface area contributed by atoms with Gasteiger partial charge in [-0.25, -0.2) is 4.79 Å². The molecule has 8 heteroatoms. The number of nitrogens with one attached hydrogen (secondary N) is 1. The summed E-state index contributed by atoms with van der Waals surface area (Å²) in [5.74, 6) is -1.09. The lowest BCUT2D eigenvalue weighted by atomic mass is 10.2. The molecule has 0 bridgehead atoms. The van der Waals surface area contributed by atoms with Crippen LogP contribution in [0.3, 0.4) is 0 Å². The first-order chi connectivity index (χ1) is 11.9. The Hall–Kier alpha value is -2.74. The van der Waals surface area contributed by atoms with E-state index < -0.39 is 22.8 Å². The first-order valence-electron chi connectivity index (χ1n) is 7.34. The van der Waals surface area contributed by atoms with Crippen molar-refractivity contribution in [2.75, 3.05) is 0 Å². The van der Waals surface area contributed by atoms with Crippen LogP contribution in [-0.2, 0) is 16.1 Å². The zero-order valence-electron chi connectivity index (χ0n) is 13.3. The maximum absolute atomic E-state index is 12.1. The summed E-state index contributed by atoms with van der Waals surface area (Å²) in [5, 5.41) is 13.5. The lowest BCUT2D eigenvalue weighted by molar-refractivity contribution is -0.385. The molecule has 0 aliphatic rings. The molecule has 1 amide bonds. The fourth-order valence-electron chi connectivity index (χ4n) is 2.03. The van der Waals surface area contributed by atoms with Crippen LogP contribution >= 0.6 is 15.9 Å². The van der Waals surface area contributed by atoms with Crippen LogP contribution < -0.4 is 5.32 Å². The molecule has 0 heterocycles. The Labute approximate surface area is 152 Å². The van der Waals surface area contributed by atoms with Gasteiger partial charge in [-0.1, -0.05) is 28.1 Å². The van der Waals surface area contributed by atoms with Crippen LogP contribution in [0, 0.1) is 10.1 Å². The molecule has 2 aromatic rings. The minimum Gasteiger partial charge on any atom is -0.459 e. The SMILES string of the molecule is C[C@H](NC(=O)c1ccc(Br)cc1)C(=O)OCc1ccccc1[N+](=O)[O-]. The molecule has 1 atom stereocenters. The normalized spacial score (nSPS) is 11.4. The van der Waals surface area contributed by atoms with Gasteiger partial charge in [-0.2, -0.15) is 0 Å². The second kappa shape index (κ2) is 8.39. The van der Waals surface area contributed by atoms with Gasteiger partial charge in [0.1, 0.15) is 12.6 Å². The topological polar surface area (TPSA) is 98.5 Å². The molecule has 2 rings (SSSR count). The number of carbonyl (C=O) groups excluding carboxylic acids is 2. The third kappa shape index (κ3) is 5.12. The van der Waals surface area contributed by atoms with Gasteiger partial charge in [0.05, 0.1) is 10.5 Å². The number of nitrogens with zero attached hydrogens (tertiary/aromatic N) is 1. The van der Waals surface area contributed by atoms with E-state index in [1.54, 1.807) is 30.3 Å². The van der Waals surface area contributed by atoms with Crippen LogP contribution in [0.5, 0.6) is 0 Å². The summed E-state index contributed by atoms with van der Waals surface area (Å²) in [5.41, 5.74) is 0.565. The van der Waals surface area contributed by atoms with E-state index in [1.807, 2.05) is 0 Å². The average Bonchev–Trinajstić information content (AvgIpc) is 2.60. The van der Waals surface area contributed by atoms with E-state index in [2.05, 4.69) is 21.2 Å². The highest BCUT2D eigenvalue weighted by molar-refractivity contribution is 9.10. The van der Waals surface area contributed by atoms with Crippen LogP contribution in [0.2, 0.25) is 0 Å². The lowest BCUT2D eigenvalue weighted by Crippen LogP contribution is -2.39. The van der Waals surface area contributed by atoms with E-state index in [0.717, 1.165) is 4.47 Å².